The summed E-state index contributed by atoms with van der Waals surface area (Å²) in [6, 6.07) is 13.6. The Hall–Kier alpha value is -3.06. The number of piperazine rings is 1. The van der Waals surface area contributed by atoms with Crippen molar-refractivity contribution in [3.8, 4) is 0 Å². The molecule has 8 heteroatoms. The van der Waals surface area contributed by atoms with Gasteiger partial charge in [-0.2, -0.15) is 0 Å². The number of rotatable bonds is 3. The molecule has 1 aliphatic heterocycles. The third-order valence-electron chi connectivity index (χ3n) is 4.68. The number of furan rings is 1. The number of carbonyl (C=O) groups excluding carboxylic acids is 1. The summed E-state index contributed by atoms with van der Waals surface area (Å²) in [5, 5.41) is 12.6. The number of fused-ring (bicyclic) bond motifs is 1. The van der Waals surface area contributed by atoms with Crippen LogP contribution in [0.15, 0.2) is 52.9 Å². The van der Waals surface area contributed by atoms with Gasteiger partial charge in [-0.1, -0.05) is 23.7 Å². The van der Waals surface area contributed by atoms with Gasteiger partial charge in [-0.3, -0.25) is 14.9 Å². The van der Waals surface area contributed by atoms with Crippen molar-refractivity contribution in [3.05, 3.63) is 69.4 Å². The Kier molecular flexibility index (Phi) is 4.45. The van der Waals surface area contributed by atoms with Crippen LogP contribution in [0.1, 0.15) is 10.6 Å². The number of nitro benzene ring substituents is 1. The van der Waals surface area contributed by atoms with Crippen LogP contribution in [0.4, 0.5) is 11.4 Å². The first-order chi connectivity index (χ1) is 13.0. The van der Waals surface area contributed by atoms with Crippen LogP contribution in [0.3, 0.4) is 0 Å². The smallest absolute Gasteiger partial charge is 0.292 e. The van der Waals surface area contributed by atoms with Crippen molar-refractivity contribution in [2.45, 2.75) is 0 Å². The summed E-state index contributed by atoms with van der Waals surface area (Å²) in [5.74, 6) is 0.0796. The highest BCUT2D eigenvalue weighted by molar-refractivity contribution is 6.31. The van der Waals surface area contributed by atoms with Crippen LogP contribution in [-0.2, 0) is 0 Å². The molecule has 1 amide bonds. The molecular formula is C19H16ClN3O4. The van der Waals surface area contributed by atoms with E-state index in [4.69, 9.17) is 16.0 Å². The average molecular weight is 386 g/mol. The number of nitro groups is 1. The van der Waals surface area contributed by atoms with Gasteiger partial charge in [0.2, 0.25) is 0 Å². The third kappa shape index (κ3) is 3.33. The van der Waals surface area contributed by atoms with Crippen molar-refractivity contribution < 1.29 is 14.1 Å². The molecule has 3 aromatic rings. The lowest BCUT2D eigenvalue weighted by molar-refractivity contribution is -0.384. The summed E-state index contributed by atoms with van der Waals surface area (Å²) in [4.78, 5) is 27.2. The molecule has 0 spiro atoms. The zero-order chi connectivity index (χ0) is 19.0. The molecule has 0 unspecified atom stereocenters. The summed E-state index contributed by atoms with van der Waals surface area (Å²) in [6.07, 6.45) is 0. The van der Waals surface area contributed by atoms with Gasteiger partial charge in [-0.05, 0) is 30.3 Å². The fourth-order valence-electron chi connectivity index (χ4n) is 3.31. The molecule has 27 heavy (non-hydrogen) atoms. The molecule has 2 heterocycles. The Morgan fingerprint density at radius 2 is 1.81 bits per heavy atom. The van der Waals surface area contributed by atoms with E-state index >= 15 is 0 Å². The molecule has 0 bridgehead atoms. The number of benzene rings is 2. The summed E-state index contributed by atoms with van der Waals surface area (Å²) in [5.41, 5.74) is 1.26. The maximum atomic E-state index is 12.7. The lowest BCUT2D eigenvalue weighted by Gasteiger charge is -2.35. The van der Waals surface area contributed by atoms with Crippen molar-refractivity contribution in [1.29, 1.82) is 0 Å². The molecule has 2 aromatic carbocycles. The van der Waals surface area contributed by atoms with E-state index in [1.54, 1.807) is 47.4 Å². The van der Waals surface area contributed by atoms with Crippen LogP contribution in [0, 0.1) is 10.1 Å². The predicted molar refractivity (Wildman–Crippen MR) is 102 cm³/mol. The first-order valence-corrected chi connectivity index (χ1v) is 8.87. The second kappa shape index (κ2) is 6.92. The van der Waals surface area contributed by atoms with Gasteiger partial charge in [0.15, 0.2) is 5.76 Å². The van der Waals surface area contributed by atoms with Gasteiger partial charge >= 0.3 is 0 Å². The number of halogens is 1. The van der Waals surface area contributed by atoms with Crippen molar-refractivity contribution in [2.24, 2.45) is 0 Å². The Morgan fingerprint density at radius 1 is 1.07 bits per heavy atom. The van der Waals surface area contributed by atoms with Crippen LogP contribution < -0.4 is 4.90 Å². The normalized spacial score (nSPS) is 14.6. The average Bonchev–Trinajstić information content (AvgIpc) is 3.10. The molecular weight excluding hydrogens is 370 g/mol. The van der Waals surface area contributed by atoms with E-state index in [0.717, 1.165) is 5.39 Å². The molecule has 7 nitrogen and oxygen atoms in total. The highest BCUT2D eigenvalue weighted by Gasteiger charge is 2.27. The largest absolute Gasteiger partial charge is 0.451 e. The minimum atomic E-state index is -0.383. The molecule has 1 aliphatic rings. The van der Waals surface area contributed by atoms with Gasteiger partial charge in [0, 0.05) is 42.7 Å². The fraction of sp³-hybridized carbons (Fsp3) is 0.211. The van der Waals surface area contributed by atoms with E-state index in [9.17, 15) is 14.9 Å². The van der Waals surface area contributed by atoms with Crippen LogP contribution >= 0.6 is 11.6 Å². The number of anilines is 1. The van der Waals surface area contributed by atoms with E-state index in [0.29, 0.717) is 42.5 Å². The van der Waals surface area contributed by atoms with Crippen LogP contribution in [0.2, 0.25) is 5.02 Å². The SMILES string of the molecule is O=C(c1cc2cc(Cl)ccc2o1)N1CCN(c2ccccc2[N+](=O)[O-])CC1. The molecule has 4 rings (SSSR count). The molecule has 1 fully saturated rings. The van der Waals surface area contributed by atoms with Gasteiger partial charge in [-0.25, -0.2) is 0 Å². The zero-order valence-corrected chi connectivity index (χ0v) is 15.1. The Morgan fingerprint density at radius 3 is 2.56 bits per heavy atom. The molecule has 1 aromatic heterocycles. The maximum Gasteiger partial charge on any atom is 0.292 e. The van der Waals surface area contributed by atoms with Crippen LogP contribution in [-0.4, -0.2) is 41.9 Å². The van der Waals surface area contributed by atoms with Gasteiger partial charge in [0.1, 0.15) is 11.3 Å². The zero-order valence-electron chi connectivity index (χ0n) is 14.3. The van der Waals surface area contributed by atoms with E-state index in [1.165, 1.54) is 6.07 Å². The Bertz CT molecular complexity index is 1020. The van der Waals surface area contributed by atoms with Gasteiger partial charge in [-0.15, -0.1) is 0 Å². The minimum Gasteiger partial charge on any atom is -0.451 e. The summed E-state index contributed by atoms with van der Waals surface area (Å²) in [7, 11) is 0. The van der Waals surface area contributed by atoms with Gasteiger partial charge in [0.05, 0.1) is 4.92 Å². The van der Waals surface area contributed by atoms with Gasteiger partial charge in [0.25, 0.3) is 11.6 Å². The number of hydrogen-bond donors (Lipinski definition) is 0. The monoisotopic (exact) mass is 385 g/mol. The first-order valence-electron chi connectivity index (χ1n) is 8.49. The topological polar surface area (TPSA) is 79.8 Å². The summed E-state index contributed by atoms with van der Waals surface area (Å²) in [6.45, 7) is 1.96. The van der Waals surface area contributed by atoms with Crippen LogP contribution in [0.5, 0.6) is 0 Å². The highest BCUT2D eigenvalue weighted by Crippen LogP contribution is 2.29. The lowest BCUT2D eigenvalue weighted by atomic mass is 10.2. The first kappa shape index (κ1) is 17.4. The molecule has 0 atom stereocenters. The van der Waals surface area contributed by atoms with Crippen molar-refractivity contribution >= 4 is 39.9 Å². The number of amides is 1. The Labute approximate surface area is 159 Å². The number of nitrogens with zero attached hydrogens (tertiary/aromatic N) is 3. The van der Waals surface area contributed by atoms with Gasteiger partial charge < -0.3 is 14.2 Å². The Balaban J connectivity index is 1.48. The fourth-order valence-corrected chi connectivity index (χ4v) is 3.49. The molecule has 0 saturated carbocycles. The van der Waals surface area contributed by atoms with Crippen molar-refractivity contribution in [3.63, 3.8) is 0 Å². The van der Waals surface area contributed by atoms with E-state index in [1.807, 2.05) is 4.90 Å². The second-order valence-electron chi connectivity index (χ2n) is 6.32. The molecule has 138 valence electrons. The van der Waals surface area contributed by atoms with E-state index in [2.05, 4.69) is 0 Å². The third-order valence-corrected chi connectivity index (χ3v) is 4.91. The maximum absolute atomic E-state index is 12.7. The van der Waals surface area contributed by atoms with E-state index < -0.39 is 0 Å². The standard InChI is InChI=1S/C19H16ClN3O4/c20-14-5-6-17-13(11-14)12-18(27-17)19(24)22-9-7-21(8-10-22)15-3-1-2-4-16(15)23(25)26/h1-6,11-12H,7-10H2. The predicted octanol–water partition coefficient (Wildman–Crippen LogP) is 3.96. The van der Waals surface area contributed by atoms with E-state index in [-0.39, 0.29) is 22.3 Å². The van der Waals surface area contributed by atoms with Crippen molar-refractivity contribution in [1.82, 2.24) is 4.90 Å². The molecule has 0 radical (unpaired) electrons. The minimum absolute atomic E-state index is 0.0754. The quantitative estimate of drug-likeness (QED) is 0.503. The highest BCUT2D eigenvalue weighted by atomic mass is 35.5. The summed E-state index contributed by atoms with van der Waals surface area (Å²) >= 11 is 5.98. The van der Waals surface area contributed by atoms with Crippen LogP contribution in [0.25, 0.3) is 11.0 Å². The number of para-hydroxylation sites is 2. The summed E-state index contributed by atoms with van der Waals surface area (Å²) < 4.78 is 5.65. The molecule has 1 saturated heterocycles. The molecule has 0 aliphatic carbocycles. The second-order valence-corrected chi connectivity index (χ2v) is 6.75. The number of carbonyl (C=O) groups is 1. The number of hydrogen-bond acceptors (Lipinski definition) is 5. The van der Waals surface area contributed by atoms with Crippen molar-refractivity contribution in [2.75, 3.05) is 31.1 Å². The molecule has 0 N–H and O–H groups in total. The lowest BCUT2D eigenvalue weighted by Crippen LogP contribution is -2.48.